The van der Waals surface area contributed by atoms with E-state index in [1.807, 2.05) is 0 Å². The molecule has 2 rings (SSSR count). The third-order valence-corrected chi connectivity index (χ3v) is 3.31. The van der Waals surface area contributed by atoms with Crippen molar-refractivity contribution in [3.8, 4) is 0 Å². The molecule has 0 aliphatic carbocycles. The Balaban J connectivity index is 2.59. The zero-order valence-electron chi connectivity index (χ0n) is 7.71. The summed E-state index contributed by atoms with van der Waals surface area (Å²) in [6.07, 6.45) is 0.984. The van der Waals surface area contributed by atoms with Crippen molar-refractivity contribution in [3.05, 3.63) is 34.7 Å². The second-order valence-corrected chi connectivity index (χ2v) is 4.17. The fraction of sp³-hybridized carbons (Fsp3) is 0.273. The van der Waals surface area contributed by atoms with Gasteiger partial charge < -0.3 is 5.73 Å². The molecule has 2 N–H and O–H groups in total. The lowest BCUT2D eigenvalue weighted by Gasteiger charge is -2.04. The average Bonchev–Trinajstić information content (AvgIpc) is 2.58. The van der Waals surface area contributed by atoms with Crippen molar-refractivity contribution in [2.45, 2.75) is 13.3 Å². The molecule has 2 heteroatoms. The van der Waals surface area contributed by atoms with Gasteiger partial charge in [0.05, 0.1) is 0 Å². The fourth-order valence-corrected chi connectivity index (χ4v) is 2.51. The van der Waals surface area contributed by atoms with E-state index in [4.69, 9.17) is 5.73 Å². The Morgan fingerprint density at radius 2 is 2.15 bits per heavy atom. The lowest BCUT2D eigenvalue weighted by Crippen LogP contribution is -2.03. The smallest absolute Gasteiger partial charge is 0.0345 e. The first kappa shape index (κ1) is 8.73. The summed E-state index contributed by atoms with van der Waals surface area (Å²) in [7, 11) is 0. The number of fused-ring (bicyclic) bond motifs is 1. The van der Waals surface area contributed by atoms with Crippen molar-refractivity contribution in [2.75, 3.05) is 6.54 Å². The monoisotopic (exact) mass is 191 g/mol. The van der Waals surface area contributed by atoms with E-state index < -0.39 is 0 Å². The van der Waals surface area contributed by atoms with Gasteiger partial charge in [-0.3, -0.25) is 0 Å². The first-order valence-electron chi connectivity index (χ1n) is 4.48. The van der Waals surface area contributed by atoms with Gasteiger partial charge in [0.15, 0.2) is 0 Å². The van der Waals surface area contributed by atoms with Crippen molar-refractivity contribution < 1.29 is 0 Å². The molecule has 1 aromatic heterocycles. The molecule has 1 heterocycles. The largest absolute Gasteiger partial charge is 0.330 e. The summed E-state index contributed by atoms with van der Waals surface area (Å²) in [6.45, 7) is 2.91. The third-order valence-electron chi connectivity index (χ3n) is 2.43. The van der Waals surface area contributed by atoms with Crippen LogP contribution in [0.5, 0.6) is 0 Å². The highest BCUT2D eigenvalue weighted by atomic mass is 32.1. The zero-order chi connectivity index (χ0) is 9.26. The predicted molar refractivity (Wildman–Crippen MR) is 59.3 cm³/mol. The summed E-state index contributed by atoms with van der Waals surface area (Å²) in [4.78, 5) is 0. The van der Waals surface area contributed by atoms with Crippen LogP contribution < -0.4 is 5.73 Å². The van der Waals surface area contributed by atoms with Crippen molar-refractivity contribution in [1.82, 2.24) is 0 Å². The SMILES string of the molecule is Cc1c(CCN)ccc2sccc12. The van der Waals surface area contributed by atoms with Crippen LogP contribution in [0.3, 0.4) is 0 Å². The van der Waals surface area contributed by atoms with Gasteiger partial charge in [-0.25, -0.2) is 0 Å². The Bertz CT molecular complexity index is 417. The predicted octanol–water partition coefficient (Wildman–Crippen LogP) is 2.71. The van der Waals surface area contributed by atoms with Crippen LogP contribution in [0.1, 0.15) is 11.1 Å². The normalized spacial score (nSPS) is 10.9. The fourth-order valence-electron chi connectivity index (χ4n) is 1.66. The van der Waals surface area contributed by atoms with E-state index in [1.165, 1.54) is 21.2 Å². The quantitative estimate of drug-likeness (QED) is 0.776. The summed E-state index contributed by atoms with van der Waals surface area (Å²) in [5, 5.41) is 3.53. The van der Waals surface area contributed by atoms with Gasteiger partial charge >= 0.3 is 0 Å². The molecule has 0 saturated heterocycles. The molecule has 2 aromatic rings. The molecule has 0 aliphatic rings. The molecule has 0 unspecified atom stereocenters. The number of nitrogens with two attached hydrogens (primary N) is 1. The summed E-state index contributed by atoms with van der Waals surface area (Å²) >= 11 is 1.80. The lowest BCUT2D eigenvalue weighted by atomic mass is 10.0. The standard InChI is InChI=1S/C11H13NS/c1-8-9(4-6-12)2-3-11-10(8)5-7-13-11/h2-3,5,7H,4,6,12H2,1H3. The first-order valence-corrected chi connectivity index (χ1v) is 5.36. The minimum Gasteiger partial charge on any atom is -0.330 e. The number of benzene rings is 1. The molecule has 0 spiro atoms. The lowest BCUT2D eigenvalue weighted by molar-refractivity contribution is 0.961. The second kappa shape index (κ2) is 3.48. The topological polar surface area (TPSA) is 26.0 Å². The van der Waals surface area contributed by atoms with Crippen LogP contribution in [0.4, 0.5) is 0 Å². The van der Waals surface area contributed by atoms with Crippen LogP contribution in [0.25, 0.3) is 10.1 Å². The van der Waals surface area contributed by atoms with Gasteiger partial charge in [0.25, 0.3) is 0 Å². The average molecular weight is 191 g/mol. The molecular weight excluding hydrogens is 178 g/mol. The minimum absolute atomic E-state index is 0.733. The van der Waals surface area contributed by atoms with Crippen LogP contribution in [-0.4, -0.2) is 6.54 Å². The molecular formula is C11H13NS. The number of hydrogen-bond acceptors (Lipinski definition) is 2. The molecule has 0 amide bonds. The summed E-state index contributed by atoms with van der Waals surface area (Å²) < 4.78 is 1.37. The van der Waals surface area contributed by atoms with Crippen LogP contribution in [0, 0.1) is 6.92 Å². The molecule has 1 nitrogen and oxygen atoms in total. The van der Waals surface area contributed by atoms with E-state index in [-0.39, 0.29) is 0 Å². The van der Waals surface area contributed by atoms with E-state index in [1.54, 1.807) is 11.3 Å². The molecule has 0 bridgehead atoms. The summed E-state index contributed by atoms with van der Waals surface area (Å²) in [5.74, 6) is 0. The van der Waals surface area contributed by atoms with Crippen LogP contribution in [0.2, 0.25) is 0 Å². The van der Waals surface area contributed by atoms with E-state index in [0.717, 1.165) is 13.0 Å². The molecule has 0 fully saturated rings. The number of hydrogen-bond donors (Lipinski definition) is 1. The minimum atomic E-state index is 0.733. The van der Waals surface area contributed by atoms with Crippen molar-refractivity contribution in [1.29, 1.82) is 0 Å². The van der Waals surface area contributed by atoms with Gasteiger partial charge in [-0.05, 0) is 53.9 Å². The number of thiophene rings is 1. The van der Waals surface area contributed by atoms with Crippen LogP contribution in [-0.2, 0) is 6.42 Å². The van der Waals surface area contributed by atoms with Gasteiger partial charge in [-0.15, -0.1) is 11.3 Å². The van der Waals surface area contributed by atoms with E-state index in [2.05, 4.69) is 30.5 Å². The number of rotatable bonds is 2. The highest BCUT2D eigenvalue weighted by Gasteiger charge is 2.02. The molecule has 0 aliphatic heterocycles. The highest BCUT2D eigenvalue weighted by Crippen LogP contribution is 2.26. The maximum atomic E-state index is 5.55. The van der Waals surface area contributed by atoms with E-state index >= 15 is 0 Å². The molecule has 0 atom stereocenters. The Labute approximate surface area is 82.2 Å². The van der Waals surface area contributed by atoms with Crippen LogP contribution >= 0.6 is 11.3 Å². The summed E-state index contributed by atoms with van der Waals surface area (Å²) in [5.41, 5.74) is 8.33. The Hall–Kier alpha value is -0.860. The highest BCUT2D eigenvalue weighted by molar-refractivity contribution is 7.17. The van der Waals surface area contributed by atoms with Gasteiger partial charge in [0.1, 0.15) is 0 Å². The molecule has 68 valence electrons. The zero-order valence-corrected chi connectivity index (χ0v) is 8.53. The molecule has 1 aromatic carbocycles. The van der Waals surface area contributed by atoms with Crippen LogP contribution in [0.15, 0.2) is 23.6 Å². The Morgan fingerprint density at radius 1 is 1.31 bits per heavy atom. The Morgan fingerprint density at radius 3 is 2.92 bits per heavy atom. The van der Waals surface area contributed by atoms with Gasteiger partial charge in [0.2, 0.25) is 0 Å². The van der Waals surface area contributed by atoms with Crippen molar-refractivity contribution in [3.63, 3.8) is 0 Å². The van der Waals surface area contributed by atoms with Gasteiger partial charge in [-0.2, -0.15) is 0 Å². The number of aryl methyl sites for hydroxylation is 1. The van der Waals surface area contributed by atoms with Gasteiger partial charge in [0, 0.05) is 4.70 Å². The third kappa shape index (κ3) is 1.47. The second-order valence-electron chi connectivity index (χ2n) is 3.22. The van der Waals surface area contributed by atoms with Gasteiger partial charge in [-0.1, -0.05) is 6.07 Å². The molecule has 0 radical (unpaired) electrons. The molecule has 0 saturated carbocycles. The van der Waals surface area contributed by atoms with E-state index in [0.29, 0.717) is 0 Å². The maximum Gasteiger partial charge on any atom is 0.0345 e. The maximum absolute atomic E-state index is 5.55. The molecule has 13 heavy (non-hydrogen) atoms. The van der Waals surface area contributed by atoms with Crippen molar-refractivity contribution in [2.24, 2.45) is 5.73 Å². The van der Waals surface area contributed by atoms with Crippen molar-refractivity contribution >= 4 is 21.4 Å². The summed E-state index contributed by atoms with van der Waals surface area (Å²) in [6, 6.07) is 6.58. The van der Waals surface area contributed by atoms with E-state index in [9.17, 15) is 0 Å². The first-order chi connectivity index (χ1) is 6.33. The Kier molecular flexibility index (Phi) is 2.34.